The van der Waals surface area contributed by atoms with Gasteiger partial charge in [0, 0.05) is 31.6 Å². The van der Waals surface area contributed by atoms with E-state index in [9.17, 15) is 9.59 Å². The number of carbonyl (C=O) groups excluding carboxylic acids is 2. The molecule has 8 heteroatoms. The largest absolute Gasteiger partial charge is 0.347 e. The van der Waals surface area contributed by atoms with Crippen LogP contribution in [-0.2, 0) is 9.59 Å². The predicted molar refractivity (Wildman–Crippen MR) is 106 cm³/mol. The molecular formula is C21H27N5O3. The van der Waals surface area contributed by atoms with Crippen LogP contribution >= 0.6 is 0 Å². The van der Waals surface area contributed by atoms with Crippen LogP contribution in [0.5, 0.6) is 0 Å². The first-order chi connectivity index (χ1) is 14.2. The van der Waals surface area contributed by atoms with Crippen molar-refractivity contribution in [3.05, 3.63) is 30.3 Å². The molecule has 2 fully saturated rings. The number of piperidine rings is 1. The lowest BCUT2D eigenvalue weighted by molar-refractivity contribution is -0.134. The second-order valence-electron chi connectivity index (χ2n) is 7.96. The Morgan fingerprint density at radius 3 is 2.66 bits per heavy atom. The molecule has 3 heterocycles. The topological polar surface area (TPSA) is 101 Å². The molecule has 0 unspecified atom stereocenters. The van der Waals surface area contributed by atoms with Crippen LogP contribution in [0.1, 0.15) is 56.8 Å². The van der Waals surface area contributed by atoms with E-state index in [4.69, 9.17) is 4.52 Å². The zero-order chi connectivity index (χ0) is 20.1. The predicted octanol–water partition coefficient (Wildman–Crippen LogP) is 2.53. The van der Waals surface area contributed by atoms with E-state index < -0.39 is 0 Å². The van der Waals surface area contributed by atoms with Crippen molar-refractivity contribution >= 4 is 11.8 Å². The summed E-state index contributed by atoms with van der Waals surface area (Å²) in [5, 5.41) is 6.82. The first-order valence-electron chi connectivity index (χ1n) is 10.5. The van der Waals surface area contributed by atoms with E-state index in [2.05, 4.69) is 20.4 Å². The number of hydrogen-bond acceptors (Lipinski definition) is 6. The Bertz CT molecular complexity index is 824. The van der Waals surface area contributed by atoms with Crippen molar-refractivity contribution in [1.82, 2.24) is 25.3 Å². The zero-order valence-electron chi connectivity index (χ0n) is 16.5. The maximum atomic E-state index is 12.4. The molecule has 0 aromatic carbocycles. The van der Waals surface area contributed by atoms with Gasteiger partial charge in [0.2, 0.25) is 23.5 Å². The van der Waals surface area contributed by atoms with Gasteiger partial charge in [0.05, 0.1) is 6.54 Å². The lowest BCUT2D eigenvalue weighted by atomic mass is 9.96. The number of likely N-dealkylation sites (tertiary alicyclic amines) is 1. The summed E-state index contributed by atoms with van der Waals surface area (Å²) < 4.78 is 5.43. The first kappa shape index (κ1) is 19.5. The Labute approximate surface area is 170 Å². The highest BCUT2D eigenvalue weighted by Gasteiger charge is 2.28. The van der Waals surface area contributed by atoms with Crippen molar-refractivity contribution in [1.29, 1.82) is 0 Å². The summed E-state index contributed by atoms with van der Waals surface area (Å²) in [4.78, 5) is 35.0. The number of nitrogens with zero attached hydrogens (tertiary/aromatic N) is 4. The Morgan fingerprint density at radius 1 is 1.14 bits per heavy atom. The highest BCUT2D eigenvalue weighted by atomic mass is 16.5. The molecule has 1 aliphatic heterocycles. The van der Waals surface area contributed by atoms with Gasteiger partial charge in [-0.3, -0.25) is 14.6 Å². The molecule has 4 rings (SSSR count). The number of carbonyl (C=O) groups is 2. The van der Waals surface area contributed by atoms with Crippen LogP contribution in [0.15, 0.2) is 28.9 Å². The molecule has 1 saturated carbocycles. The minimum atomic E-state index is -0.0251. The van der Waals surface area contributed by atoms with Crippen LogP contribution in [0.2, 0.25) is 0 Å². The lowest BCUT2D eigenvalue weighted by Crippen LogP contribution is -2.44. The smallest absolute Gasteiger partial charge is 0.241 e. The molecule has 1 aliphatic carbocycles. The molecule has 154 valence electrons. The second-order valence-corrected chi connectivity index (χ2v) is 7.96. The highest BCUT2D eigenvalue weighted by molar-refractivity contribution is 5.84. The number of hydrogen-bond donors (Lipinski definition) is 1. The van der Waals surface area contributed by atoms with Crippen molar-refractivity contribution < 1.29 is 14.1 Å². The van der Waals surface area contributed by atoms with Crippen molar-refractivity contribution in [2.75, 3.05) is 19.6 Å². The molecule has 29 heavy (non-hydrogen) atoms. The van der Waals surface area contributed by atoms with Crippen LogP contribution in [0, 0.1) is 5.92 Å². The fraction of sp³-hybridized carbons (Fsp3) is 0.571. The monoisotopic (exact) mass is 397 g/mol. The van der Waals surface area contributed by atoms with Gasteiger partial charge in [-0.1, -0.05) is 24.1 Å². The minimum Gasteiger partial charge on any atom is -0.347 e. The maximum Gasteiger partial charge on any atom is 0.241 e. The summed E-state index contributed by atoms with van der Waals surface area (Å²) in [7, 11) is 0. The zero-order valence-corrected chi connectivity index (χ0v) is 16.5. The molecule has 1 N–H and O–H groups in total. The molecule has 0 atom stereocenters. The second kappa shape index (κ2) is 9.15. The van der Waals surface area contributed by atoms with Crippen molar-refractivity contribution in [2.45, 2.75) is 50.9 Å². The molecule has 1 saturated heterocycles. The Kier molecular flexibility index (Phi) is 6.17. The minimum absolute atomic E-state index is 0.00644. The van der Waals surface area contributed by atoms with E-state index in [1.807, 2.05) is 23.1 Å². The third kappa shape index (κ3) is 4.99. The molecule has 8 nitrogen and oxygen atoms in total. The van der Waals surface area contributed by atoms with Crippen LogP contribution in [-0.4, -0.2) is 51.5 Å². The van der Waals surface area contributed by atoms with Gasteiger partial charge >= 0.3 is 0 Å². The van der Waals surface area contributed by atoms with Crippen LogP contribution in [0.25, 0.3) is 11.5 Å². The van der Waals surface area contributed by atoms with E-state index in [0.717, 1.165) is 25.7 Å². The number of aromatic nitrogens is 3. The Balaban J connectivity index is 1.22. The SMILES string of the molecule is O=C(CC1CCCC1)NCC(=O)N1CCC(c2nc(-c3ccccn3)no2)CC1. The van der Waals surface area contributed by atoms with Gasteiger partial charge in [0.1, 0.15) is 5.69 Å². The Morgan fingerprint density at radius 2 is 1.93 bits per heavy atom. The molecule has 2 aromatic heterocycles. The van der Waals surface area contributed by atoms with E-state index >= 15 is 0 Å². The summed E-state index contributed by atoms with van der Waals surface area (Å²) in [6.07, 6.45) is 8.48. The fourth-order valence-electron chi connectivity index (χ4n) is 4.21. The number of rotatable bonds is 6. The first-order valence-corrected chi connectivity index (χ1v) is 10.5. The van der Waals surface area contributed by atoms with Gasteiger partial charge in [0.25, 0.3) is 0 Å². The fourth-order valence-corrected chi connectivity index (χ4v) is 4.21. The van der Waals surface area contributed by atoms with Crippen molar-refractivity contribution in [3.63, 3.8) is 0 Å². The van der Waals surface area contributed by atoms with Crippen molar-refractivity contribution in [2.24, 2.45) is 5.92 Å². The standard InChI is InChI=1S/C21H27N5O3/c27-18(13-15-5-1-2-6-15)23-14-19(28)26-11-8-16(9-12-26)21-24-20(25-29-21)17-7-3-4-10-22-17/h3-4,7,10,15-16H,1-2,5-6,8-9,11-14H2,(H,23,27). The van der Waals surface area contributed by atoms with Gasteiger partial charge in [0.15, 0.2) is 0 Å². The average Bonchev–Trinajstić information content (AvgIpc) is 3.45. The molecule has 0 bridgehead atoms. The summed E-state index contributed by atoms with van der Waals surface area (Å²) in [5.74, 6) is 1.69. The molecule has 0 radical (unpaired) electrons. The normalized spacial score (nSPS) is 18.1. The summed E-state index contributed by atoms with van der Waals surface area (Å²) in [6.45, 7) is 1.34. The van der Waals surface area contributed by atoms with E-state index in [1.54, 1.807) is 6.20 Å². The Hall–Kier alpha value is -2.77. The van der Waals surface area contributed by atoms with Gasteiger partial charge in [-0.05, 0) is 43.7 Å². The third-order valence-electron chi connectivity index (χ3n) is 5.92. The lowest BCUT2D eigenvalue weighted by Gasteiger charge is -2.30. The van der Waals surface area contributed by atoms with Gasteiger partial charge < -0.3 is 14.7 Å². The van der Waals surface area contributed by atoms with E-state index in [-0.39, 0.29) is 24.3 Å². The molecule has 2 amide bonds. The summed E-state index contributed by atoms with van der Waals surface area (Å²) in [6, 6.07) is 5.57. The van der Waals surface area contributed by atoms with Crippen LogP contribution in [0.3, 0.4) is 0 Å². The number of amides is 2. The van der Waals surface area contributed by atoms with E-state index in [0.29, 0.717) is 42.8 Å². The molecular weight excluding hydrogens is 370 g/mol. The third-order valence-corrected chi connectivity index (χ3v) is 5.92. The molecule has 2 aromatic rings. The van der Waals surface area contributed by atoms with Gasteiger partial charge in [-0.2, -0.15) is 4.98 Å². The van der Waals surface area contributed by atoms with Gasteiger partial charge in [-0.25, -0.2) is 0 Å². The number of pyridine rings is 1. The summed E-state index contributed by atoms with van der Waals surface area (Å²) >= 11 is 0. The quantitative estimate of drug-likeness (QED) is 0.804. The molecule has 2 aliphatic rings. The van der Waals surface area contributed by atoms with Crippen LogP contribution in [0.4, 0.5) is 0 Å². The highest BCUT2D eigenvalue weighted by Crippen LogP contribution is 2.28. The maximum absolute atomic E-state index is 12.4. The van der Waals surface area contributed by atoms with Gasteiger partial charge in [-0.15, -0.1) is 0 Å². The molecule has 0 spiro atoms. The van der Waals surface area contributed by atoms with Crippen LogP contribution < -0.4 is 5.32 Å². The average molecular weight is 397 g/mol. The van der Waals surface area contributed by atoms with E-state index in [1.165, 1.54) is 12.8 Å². The van der Waals surface area contributed by atoms with Crippen molar-refractivity contribution in [3.8, 4) is 11.5 Å². The number of nitrogens with one attached hydrogen (secondary N) is 1. The summed E-state index contributed by atoms with van der Waals surface area (Å²) in [5.41, 5.74) is 0.684.